The van der Waals surface area contributed by atoms with E-state index < -0.39 is 0 Å². The number of piperidine rings is 1. The maximum atomic E-state index is 10.9. The maximum Gasteiger partial charge on any atom is 0.346 e. The van der Waals surface area contributed by atoms with Gasteiger partial charge in [0.1, 0.15) is 0 Å². The fourth-order valence-electron chi connectivity index (χ4n) is 3.21. The lowest BCUT2D eigenvalue weighted by molar-refractivity contribution is -0.393. The van der Waals surface area contributed by atoms with Crippen LogP contribution < -0.4 is 0 Å². The second kappa shape index (κ2) is 7.37. The molecule has 1 aromatic carbocycles. The number of likely N-dealkylation sites (tertiary alicyclic amines) is 1. The molecule has 0 bridgehead atoms. The van der Waals surface area contributed by atoms with E-state index in [1.54, 1.807) is 0 Å². The lowest BCUT2D eigenvalue weighted by Gasteiger charge is -2.30. The molecule has 6 nitrogen and oxygen atoms in total. The van der Waals surface area contributed by atoms with Crippen molar-refractivity contribution in [2.75, 3.05) is 13.1 Å². The van der Waals surface area contributed by atoms with Crippen molar-refractivity contribution in [2.45, 2.75) is 32.4 Å². The Hall–Kier alpha value is -2.21. The van der Waals surface area contributed by atoms with Gasteiger partial charge in [-0.05, 0) is 42.1 Å². The number of hydrogen-bond donors (Lipinski definition) is 0. The third-order valence-corrected chi connectivity index (χ3v) is 4.61. The molecule has 0 aliphatic carbocycles. The minimum atomic E-state index is -0.375. The van der Waals surface area contributed by atoms with E-state index >= 15 is 0 Å². The van der Waals surface area contributed by atoms with Crippen molar-refractivity contribution in [1.29, 1.82) is 0 Å². The SMILES string of the molecule is O=[N+]([O-])c1ccnn1CN1CCC(CCc2ccccc2)CC1. The average molecular weight is 314 g/mol. The van der Waals surface area contributed by atoms with Gasteiger partial charge < -0.3 is 10.1 Å². The van der Waals surface area contributed by atoms with E-state index in [0.717, 1.165) is 38.3 Å². The molecular formula is C17H22N4O2. The minimum absolute atomic E-state index is 0.0659. The Balaban J connectivity index is 1.45. The molecule has 23 heavy (non-hydrogen) atoms. The zero-order chi connectivity index (χ0) is 16.1. The summed E-state index contributed by atoms with van der Waals surface area (Å²) in [6.07, 6.45) is 6.16. The molecule has 0 N–H and O–H groups in total. The number of benzene rings is 1. The molecule has 0 spiro atoms. The highest BCUT2D eigenvalue weighted by Gasteiger charge is 2.23. The maximum absolute atomic E-state index is 10.9. The summed E-state index contributed by atoms with van der Waals surface area (Å²) in [5.41, 5.74) is 1.40. The Kier molecular flexibility index (Phi) is 5.02. The summed E-state index contributed by atoms with van der Waals surface area (Å²) < 4.78 is 1.48. The van der Waals surface area contributed by atoms with Gasteiger partial charge in [0.05, 0.1) is 12.3 Å². The summed E-state index contributed by atoms with van der Waals surface area (Å²) in [7, 11) is 0. The van der Waals surface area contributed by atoms with Gasteiger partial charge in [0.15, 0.2) is 6.67 Å². The molecular weight excluding hydrogens is 292 g/mol. The lowest BCUT2D eigenvalue weighted by atomic mass is 9.91. The van der Waals surface area contributed by atoms with Crippen molar-refractivity contribution in [3.8, 4) is 0 Å². The van der Waals surface area contributed by atoms with Crippen LogP contribution in [-0.2, 0) is 13.1 Å². The normalized spacial score (nSPS) is 16.5. The molecule has 1 aliphatic rings. The first-order valence-corrected chi connectivity index (χ1v) is 8.15. The molecule has 1 fully saturated rings. The van der Waals surface area contributed by atoms with Gasteiger partial charge in [0, 0.05) is 13.1 Å². The summed E-state index contributed by atoms with van der Waals surface area (Å²) in [5.74, 6) is 0.815. The van der Waals surface area contributed by atoms with E-state index in [2.05, 4.69) is 40.3 Å². The highest BCUT2D eigenvalue weighted by molar-refractivity contribution is 5.16. The molecule has 6 heteroatoms. The standard InChI is InChI=1S/C17H22N4O2/c22-21(23)17-8-11-18-20(17)14-19-12-9-16(10-13-19)7-6-15-4-2-1-3-5-15/h1-5,8,11,16H,6-7,9-10,12-14H2. The van der Waals surface area contributed by atoms with Gasteiger partial charge >= 0.3 is 5.82 Å². The van der Waals surface area contributed by atoms with E-state index in [0.29, 0.717) is 6.67 Å². The van der Waals surface area contributed by atoms with Gasteiger partial charge in [0.25, 0.3) is 0 Å². The molecule has 1 saturated heterocycles. The minimum Gasteiger partial charge on any atom is -0.358 e. The van der Waals surface area contributed by atoms with Crippen molar-refractivity contribution in [3.05, 3.63) is 58.3 Å². The van der Waals surface area contributed by atoms with Crippen LogP contribution in [0.5, 0.6) is 0 Å². The number of rotatable bonds is 6. The fourth-order valence-corrected chi connectivity index (χ4v) is 3.21. The first-order chi connectivity index (χ1) is 11.2. The summed E-state index contributed by atoms with van der Waals surface area (Å²) in [6.45, 7) is 2.47. The summed E-state index contributed by atoms with van der Waals surface area (Å²) in [5, 5.41) is 15.0. The van der Waals surface area contributed by atoms with Crippen molar-refractivity contribution in [3.63, 3.8) is 0 Å². The first kappa shape index (κ1) is 15.7. The second-order valence-corrected chi connectivity index (χ2v) is 6.17. The monoisotopic (exact) mass is 314 g/mol. The molecule has 1 aliphatic heterocycles. The molecule has 122 valence electrons. The number of aryl methyl sites for hydroxylation is 1. The summed E-state index contributed by atoms with van der Waals surface area (Å²) in [4.78, 5) is 12.8. The number of nitro groups is 1. The Bertz CT molecular complexity index is 633. The third kappa shape index (κ3) is 4.16. The largest absolute Gasteiger partial charge is 0.358 e. The van der Waals surface area contributed by atoms with Crippen molar-refractivity contribution in [2.24, 2.45) is 5.92 Å². The van der Waals surface area contributed by atoms with E-state index in [1.165, 1.54) is 28.9 Å². The van der Waals surface area contributed by atoms with E-state index in [9.17, 15) is 10.1 Å². The predicted molar refractivity (Wildman–Crippen MR) is 87.9 cm³/mol. The molecule has 2 heterocycles. The molecule has 1 aromatic heterocycles. The van der Waals surface area contributed by atoms with Crippen molar-refractivity contribution in [1.82, 2.24) is 14.7 Å². The Morgan fingerprint density at radius 1 is 1.17 bits per heavy atom. The van der Waals surface area contributed by atoms with Gasteiger partial charge in [-0.2, -0.15) is 0 Å². The van der Waals surface area contributed by atoms with Crippen LogP contribution in [0.2, 0.25) is 0 Å². The molecule has 0 atom stereocenters. The number of aromatic nitrogens is 2. The summed E-state index contributed by atoms with van der Waals surface area (Å²) in [6, 6.07) is 12.1. The van der Waals surface area contributed by atoms with Crippen LogP contribution in [0.15, 0.2) is 42.6 Å². The Morgan fingerprint density at radius 3 is 2.61 bits per heavy atom. The van der Waals surface area contributed by atoms with Crippen LogP contribution in [0.1, 0.15) is 24.8 Å². The molecule has 3 rings (SSSR count). The van der Waals surface area contributed by atoms with Gasteiger partial charge in [-0.25, -0.2) is 0 Å². The zero-order valence-electron chi connectivity index (χ0n) is 13.2. The molecule has 2 aromatic rings. The van der Waals surface area contributed by atoms with Crippen LogP contribution in [0, 0.1) is 16.0 Å². The Morgan fingerprint density at radius 2 is 1.91 bits per heavy atom. The molecule has 0 unspecified atom stereocenters. The zero-order valence-corrected chi connectivity index (χ0v) is 13.2. The van der Waals surface area contributed by atoms with Gasteiger partial charge in [0.2, 0.25) is 0 Å². The lowest BCUT2D eigenvalue weighted by Crippen LogP contribution is -2.35. The number of hydrogen-bond acceptors (Lipinski definition) is 4. The van der Waals surface area contributed by atoms with Gasteiger partial charge in [-0.3, -0.25) is 4.90 Å². The van der Waals surface area contributed by atoms with Crippen molar-refractivity contribution < 1.29 is 4.92 Å². The van der Waals surface area contributed by atoms with E-state index in [1.807, 2.05) is 0 Å². The van der Waals surface area contributed by atoms with Crippen LogP contribution >= 0.6 is 0 Å². The quantitative estimate of drug-likeness (QED) is 0.607. The van der Waals surface area contributed by atoms with Crippen LogP contribution in [-0.4, -0.2) is 32.7 Å². The smallest absolute Gasteiger partial charge is 0.346 e. The molecule has 0 saturated carbocycles. The highest BCUT2D eigenvalue weighted by atomic mass is 16.6. The van der Waals surface area contributed by atoms with Crippen LogP contribution in [0.4, 0.5) is 5.82 Å². The highest BCUT2D eigenvalue weighted by Crippen LogP contribution is 2.23. The second-order valence-electron chi connectivity index (χ2n) is 6.17. The first-order valence-electron chi connectivity index (χ1n) is 8.15. The average Bonchev–Trinajstić information content (AvgIpc) is 3.04. The topological polar surface area (TPSA) is 64.2 Å². The molecule has 0 amide bonds. The van der Waals surface area contributed by atoms with Crippen molar-refractivity contribution >= 4 is 5.82 Å². The fraction of sp³-hybridized carbons (Fsp3) is 0.471. The predicted octanol–water partition coefficient (Wildman–Crippen LogP) is 3.09. The van der Waals surface area contributed by atoms with E-state index in [4.69, 9.17) is 0 Å². The summed E-state index contributed by atoms with van der Waals surface area (Å²) >= 11 is 0. The van der Waals surface area contributed by atoms with Crippen LogP contribution in [0.3, 0.4) is 0 Å². The van der Waals surface area contributed by atoms with Gasteiger partial charge in [-0.1, -0.05) is 35.4 Å². The number of nitrogens with zero attached hydrogens (tertiary/aromatic N) is 4. The van der Waals surface area contributed by atoms with Crippen LogP contribution in [0.25, 0.3) is 0 Å². The van der Waals surface area contributed by atoms with Gasteiger partial charge in [-0.15, -0.1) is 4.68 Å². The Labute approximate surface area is 135 Å². The van der Waals surface area contributed by atoms with E-state index in [-0.39, 0.29) is 10.7 Å². The third-order valence-electron chi connectivity index (χ3n) is 4.61. The molecule has 0 radical (unpaired) electrons.